The number of alkyl halides is 3. The fourth-order valence-corrected chi connectivity index (χ4v) is 4.53. The van der Waals surface area contributed by atoms with Crippen molar-refractivity contribution in [3.05, 3.63) is 72.1 Å². The molecular weight excluding hydrogens is 493 g/mol. The second-order valence-electron chi connectivity index (χ2n) is 9.42. The Balaban J connectivity index is 1.72. The number of rotatable bonds is 6. The van der Waals surface area contributed by atoms with Gasteiger partial charge in [-0.15, -0.1) is 0 Å². The van der Waals surface area contributed by atoms with Crippen molar-refractivity contribution in [3.8, 4) is 0 Å². The molecule has 0 saturated carbocycles. The third kappa shape index (κ3) is 6.24. The number of piperidine rings is 1. The van der Waals surface area contributed by atoms with E-state index in [1.165, 1.54) is 6.20 Å². The molecule has 0 bridgehead atoms. The minimum absolute atomic E-state index is 0.0127. The van der Waals surface area contributed by atoms with Crippen LogP contribution in [0.15, 0.2) is 59.9 Å². The molecule has 2 aromatic heterocycles. The number of amides is 1. The predicted molar refractivity (Wildman–Crippen MR) is 143 cm³/mol. The molecule has 0 aliphatic carbocycles. The van der Waals surface area contributed by atoms with Crippen LogP contribution in [0.3, 0.4) is 0 Å². The zero-order valence-electron chi connectivity index (χ0n) is 21.5. The fourth-order valence-electron chi connectivity index (χ4n) is 4.53. The molecule has 38 heavy (non-hydrogen) atoms. The molecule has 1 aromatic carbocycles. The number of nitrogens with zero attached hydrogens (tertiary/aromatic N) is 5. The van der Waals surface area contributed by atoms with Gasteiger partial charge in [0.1, 0.15) is 17.3 Å². The van der Waals surface area contributed by atoms with Crippen LogP contribution >= 0.6 is 0 Å². The minimum Gasteiger partial charge on any atom is -0.340 e. The molecule has 1 N–H and O–H groups in total. The van der Waals surface area contributed by atoms with Gasteiger partial charge in [-0.2, -0.15) is 13.2 Å². The number of aliphatic imine (C=N–C) groups is 1. The second kappa shape index (κ2) is 11.1. The van der Waals surface area contributed by atoms with E-state index < -0.39 is 11.9 Å². The van der Waals surface area contributed by atoms with Crippen LogP contribution in [-0.2, 0) is 11.0 Å². The van der Waals surface area contributed by atoms with Gasteiger partial charge in [0.15, 0.2) is 0 Å². The Labute approximate surface area is 219 Å². The Morgan fingerprint density at radius 2 is 1.95 bits per heavy atom. The maximum atomic E-state index is 13.2. The van der Waals surface area contributed by atoms with Crippen LogP contribution in [0.5, 0.6) is 0 Å². The van der Waals surface area contributed by atoms with Crippen molar-refractivity contribution in [1.82, 2.24) is 19.9 Å². The molecule has 2 atom stereocenters. The van der Waals surface area contributed by atoms with Crippen molar-refractivity contribution in [1.29, 1.82) is 0 Å². The topological polar surface area (TPSA) is 83.4 Å². The fraction of sp³-hybridized carbons (Fsp3) is 0.321. The SMILES string of the molecule is C=N/C=C\C=C(/C)c1cc(Nc2ccc3cnc(C(F)(F)F)cc3c2)nc([C@@H]2CC[C@H](C)N(C(C)=O)C2)n1. The molecule has 1 fully saturated rings. The summed E-state index contributed by atoms with van der Waals surface area (Å²) in [6.07, 6.45) is 3.54. The number of aromatic nitrogens is 3. The van der Waals surface area contributed by atoms with E-state index in [9.17, 15) is 18.0 Å². The highest BCUT2D eigenvalue weighted by Gasteiger charge is 2.32. The largest absolute Gasteiger partial charge is 0.433 e. The van der Waals surface area contributed by atoms with Crippen LogP contribution in [0, 0.1) is 0 Å². The molecule has 3 heterocycles. The number of carbonyl (C=O) groups excluding carboxylic acids is 1. The maximum Gasteiger partial charge on any atom is 0.433 e. The van der Waals surface area contributed by atoms with E-state index in [0.717, 1.165) is 24.5 Å². The van der Waals surface area contributed by atoms with Gasteiger partial charge in [-0.05, 0) is 68.6 Å². The summed E-state index contributed by atoms with van der Waals surface area (Å²) in [5.74, 6) is 1.07. The minimum atomic E-state index is -4.53. The van der Waals surface area contributed by atoms with E-state index in [0.29, 0.717) is 40.3 Å². The Morgan fingerprint density at radius 3 is 2.66 bits per heavy atom. The van der Waals surface area contributed by atoms with E-state index in [2.05, 4.69) is 22.0 Å². The summed E-state index contributed by atoms with van der Waals surface area (Å²) in [5, 5.41) is 4.23. The first-order valence-electron chi connectivity index (χ1n) is 12.2. The lowest BCUT2D eigenvalue weighted by atomic mass is 9.92. The predicted octanol–water partition coefficient (Wildman–Crippen LogP) is 6.52. The molecule has 3 aromatic rings. The number of carbonyl (C=O) groups is 1. The van der Waals surface area contributed by atoms with Crippen LogP contribution in [0.4, 0.5) is 24.7 Å². The van der Waals surface area contributed by atoms with E-state index in [4.69, 9.17) is 9.97 Å². The van der Waals surface area contributed by atoms with Gasteiger partial charge in [0.05, 0.1) is 5.69 Å². The van der Waals surface area contributed by atoms with Gasteiger partial charge >= 0.3 is 6.18 Å². The van der Waals surface area contributed by atoms with Gasteiger partial charge in [-0.3, -0.25) is 14.8 Å². The number of halogens is 3. The molecule has 0 radical (unpaired) electrons. The number of pyridine rings is 1. The number of anilines is 2. The molecular formula is C28H29F3N6O. The van der Waals surface area contributed by atoms with Crippen LogP contribution < -0.4 is 5.32 Å². The van der Waals surface area contributed by atoms with Crippen molar-refractivity contribution in [3.63, 3.8) is 0 Å². The Kier molecular flexibility index (Phi) is 7.89. The summed E-state index contributed by atoms with van der Waals surface area (Å²) in [6.45, 7) is 9.47. The van der Waals surface area contributed by atoms with E-state index >= 15 is 0 Å². The third-order valence-electron chi connectivity index (χ3n) is 6.62. The molecule has 1 aliphatic heterocycles. The lowest BCUT2D eigenvalue weighted by molar-refractivity contribution is -0.141. The van der Waals surface area contributed by atoms with Crippen LogP contribution in [0.25, 0.3) is 16.3 Å². The van der Waals surface area contributed by atoms with Gasteiger partial charge in [0.2, 0.25) is 5.91 Å². The molecule has 0 spiro atoms. The number of likely N-dealkylation sites (tertiary alicyclic amines) is 1. The standard InChI is InChI=1S/C28H29F3N6O/c1-17(6-5-11-32-4)24-14-26(36-27(35-24)21-8-7-18(2)37(16-21)19(3)38)34-23-10-9-20-15-33-25(28(29,30)31)13-22(20)12-23/h5-6,9-15,18,21H,4,7-8,16H2,1-3H3,(H,34,35,36)/b11-5-,17-6+/t18-,21+/m0/s1. The molecule has 1 amide bonds. The van der Waals surface area contributed by atoms with Gasteiger partial charge in [0, 0.05) is 55.0 Å². The van der Waals surface area contributed by atoms with Crippen molar-refractivity contribution >= 4 is 40.5 Å². The van der Waals surface area contributed by atoms with Gasteiger partial charge in [-0.25, -0.2) is 9.97 Å². The smallest absolute Gasteiger partial charge is 0.340 e. The quantitative estimate of drug-likeness (QED) is 0.294. The molecule has 7 nitrogen and oxygen atoms in total. The third-order valence-corrected chi connectivity index (χ3v) is 6.62. The number of hydrogen-bond donors (Lipinski definition) is 1. The molecule has 0 unspecified atom stereocenters. The first kappa shape index (κ1) is 27.0. The molecule has 198 valence electrons. The highest BCUT2D eigenvalue weighted by molar-refractivity contribution is 5.86. The molecule has 1 aliphatic rings. The lowest BCUT2D eigenvalue weighted by Crippen LogP contribution is -2.44. The number of hydrogen-bond acceptors (Lipinski definition) is 6. The zero-order valence-corrected chi connectivity index (χ0v) is 21.5. The molecule has 1 saturated heterocycles. The van der Waals surface area contributed by atoms with Gasteiger partial charge in [-0.1, -0.05) is 12.1 Å². The van der Waals surface area contributed by atoms with Crippen molar-refractivity contribution in [2.24, 2.45) is 4.99 Å². The van der Waals surface area contributed by atoms with E-state index in [1.807, 2.05) is 24.8 Å². The highest BCUT2D eigenvalue weighted by atomic mass is 19.4. The Bertz CT molecular complexity index is 1420. The molecule has 10 heteroatoms. The summed E-state index contributed by atoms with van der Waals surface area (Å²) >= 11 is 0. The maximum absolute atomic E-state index is 13.2. The first-order chi connectivity index (χ1) is 18.0. The van der Waals surface area contributed by atoms with E-state index in [-0.39, 0.29) is 17.9 Å². The average Bonchev–Trinajstić information content (AvgIpc) is 2.87. The van der Waals surface area contributed by atoms with Crippen LogP contribution in [-0.4, -0.2) is 45.1 Å². The highest BCUT2D eigenvalue weighted by Crippen LogP contribution is 2.32. The second-order valence-corrected chi connectivity index (χ2v) is 9.42. The first-order valence-corrected chi connectivity index (χ1v) is 12.2. The van der Waals surface area contributed by atoms with Crippen LogP contribution in [0.2, 0.25) is 0 Å². The Hall–Kier alpha value is -4.08. The monoisotopic (exact) mass is 522 g/mol. The van der Waals surface area contributed by atoms with Gasteiger partial charge < -0.3 is 10.2 Å². The van der Waals surface area contributed by atoms with Crippen molar-refractivity contribution in [2.75, 3.05) is 11.9 Å². The number of fused-ring (bicyclic) bond motifs is 1. The Morgan fingerprint density at radius 1 is 1.16 bits per heavy atom. The van der Waals surface area contributed by atoms with Crippen molar-refractivity contribution < 1.29 is 18.0 Å². The van der Waals surface area contributed by atoms with Crippen LogP contribution in [0.1, 0.15) is 56.7 Å². The summed E-state index contributed by atoms with van der Waals surface area (Å²) in [7, 11) is 0. The number of allylic oxidation sites excluding steroid dienone is 3. The summed E-state index contributed by atoms with van der Waals surface area (Å²) in [6, 6.07) is 8.07. The normalized spacial score (nSPS) is 18.7. The van der Waals surface area contributed by atoms with Gasteiger partial charge in [0.25, 0.3) is 0 Å². The number of benzene rings is 1. The van der Waals surface area contributed by atoms with E-state index in [1.54, 1.807) is 43.5 Å². The average molecular weight is 523 g/mol. The summed E-state index contributed by atoms with van der Waals surface area (Å²) in [5.41, 5.74) is 1.18. The zero-order chi connectivity index (χ0) is 27.4. The van der Waals surface area contributed by atoms with Crippen molar-refractivity contribution in [2.45, 2.75) is 51.7 Å². The number of nitrogens with one attached hydrogen (secondary N) is 1. The summed E-state index contributed by atoms with van der Waals surface area (Å²) in [4.78, 5) is 30.8. The lowest BCUT2D eigenvalue weighted by Gasteiger charge is -2.37. The molecule has 4 rings (SSSR count). The summed E-state index contributed by atoms with van der Waals surface area (Å²) < 4.78 is 39.5.